The van der Waals surface area contributed by atoms with E-state index in [0.717, 1.165) is 0 Å². The van der Waals surface area contributed by atoms with Gasteiger partial charge in [0.1, 0.15) is 0 Å². The molecule has 0 saturated heterocycles. The molecule has 0 bridgehead atoms. The van der Waals surface area contributed by atoms with Gasteiger partial charge in [-0.2, -0.15) is 0 Å². The van der Waals surface area contributed by atoms with Crippen molar-refractivity contribution in [2.45, 2.75) is 0 Å². The zero-order chi connectivity index (χ0) is 23.6. The maximum atomic E-state index is 3.67. The highest BCUT2D eigenvalue weighted by molar-refractivity contribution is 6.20. The minimum absolute atomic E-state index is 1.17. The molecule has 0 aliphatic rings. The number of nitrogens with one attached hydrogen (secondary N) is 1. The molecule has 2 aromatic heterocycles. The number of hydrogen-bond acceptors (Lipinski definition) is 0. The molecular formula is C34H22N2. The lowest BCUT2D eigenvalue weighted by atomic mass is 10.00. The topological polar surface area (TPSA) is 20.7 Å². The highest BCUT2D eigenvalue weighted by Crippen LogP contribution is 2.37. The molecule has 0 amide bonds. The van der Waals surface area contributed by atoms with Crippen LogP contribution in [0.4, 0.5) is 0 Å². The molecule has 6 aromatic carbocycles. The monoisotopic (exact) mass is 458 g/mol. The summed E-state index contributed by atoms with van der Waals surface area (Å²) in [5.74, 6) is 0. The van der Waals surface area contributed by atoms with E-state index in [1.807, 2.05) is 0 Å². The Hall–Kier alpha value is -4.82. The van der Waals surface area contributed by atoms with Crippen LogP contribution in [-0.2, 0) is 0 Å². The molecule has 2 heterocycles. The summed E-state index contributed by atoms with van der Waals surface area (Å²) in [5, 5.41) is 7.69. The Morgan fingerprint density at radius 1 is 0.444 bits per heavy atom. The van der Waals surface area contributed by atoms with Crippen molar-refractivity contribution < 1.29 is 0 Å². The van der Waals surface area contributed by atoms with Gasteiger partial charge in [0.15, 0.2) is 0 Å². The first-order chi connectivity index (χ1) is 17.8. The molecule has 8 rings (SSSR count). The quantitative estimate of drug-likeness (QED) is 0.266. The number of aromatic amines is 1. The van der Waals surface area contributed by atoms with Crippen molar-refractivity contribution in [1.82, 2.24) is 9.55 Å². The number of fused-ring (bicyclic) bond motifs is 8. The Labute approximate surface area is 208 Å². The molecule has 0 radical (unpaired) electrons. The van der Waals surface area contributed by atoms with Gasteiger partial charge in [0, 0.05) is 38.3 Å². The number of nitrogens with zero attached hydrogens (tertiary/aromatic N) is 1. The lowest BCUT2D eigenvalue weighted by molar-refractivity contribution is 1.18. The van der Waals surface area contributed by atoms with Gasteiger partial charge in [-0.15, -0.1) is 0 Å². The summed E-state index contributed by atoms with van der Waals surface area (Å²) in [6.45, 7) is 0. The van der Waals surface area contributed by atoms with E-state index in [9.17, 15) is 0 Å². The maximum absolute atomic E-state index is 3.67. The molecular weight excluding hydrogens is 436 g/mol. The molecule has 0 fully saturated rings. The van der Waals surface area contributed by atoms with Crippen LogP contribution >= 0.6 is 0 Å². The molecule has 36 heavy (non-hydrogen) atoms. The molecule has 2 heteroatoms. The Morgan fingerprint density at radius 2 is 1.14 bits per heavy atom. The van der Waals surface area contributed by atoms with E-state index in [0.29, 0.717) is 0 Å². The highest BCUT2D eigenvalue weighted by Gasteiger charge is 2.14. The minimum atomic E-state index is 1.17. The van der Waals surface area contributed by atoms with E-state index >= 15 is 0 Å². The Kier molecular flexibility index (Phi) is 3.97. The van der Waals surface area contributed by atoms with Gasteiger partial charge in [-0.3, -0.25) is 0 Å². The van der Waals surface area contributed by atoms with E-state index in [4.69, 9.17) is 0 Å². The molecule has 2 nitrogen and oxygen atoms in total. The van der Waals surface area contributed by atoms with Gasteiger partial charge in [-0.25, -0.2) is 0 Å². The largest absolute Gasteiger partial charge is 0.354 e. The first-order valence-electron chi connectivity index (χ1n) is 12.4. The number of aromatic nitrogens is 2. The average molecular weight is 459 g/mol. The van der Waals surface area contributed by atoms with Crippen molar-refractivity contribution in [1.29, 1.82) is 0 Å². The Balaban J connectivity index is 1.37. The van der Waals surface area contributed by atoms with Crippen molar-refractivity contribution in [3.8, 4) is 16.8 Å². The third-order valence-electron chi connectivity index (χ3n) is 7.51. The second kappa shape index (κ2) is 7.34. The molecule has 0 atom stereocenters. The number of benzene rings is 6. The van der Waals surface area contributed by atoms with Gasteiger partial charge >= 0.3 is 0 Å². The molecule has 1 N–H and O–H groups in total. The van der Waals surface area contributed by atoms with E-state index in [-0.39, 0.29) is 0 Å². The van der Waals surface area contributed by atoms with Crippen molar-refractivity contribution in [3.63, 3.8) is 0 Å². The number of para-hydroxylation sites is 2. The fourth-order valence-electron chi connectivity index (χ4n) is 5.86. The number of H-pyrrole nitrogens is 1. The van der Waals surface area contributed by atoms with E-state index in [2.05, 4.69) is 137 Å². The first-order valence-corrected chi connectivity index (χ1v) is 12.4. The maximum Gasteiger partial charge on any atom is 0.0547 e. The zero-order valence-corrected chi connectivity index (χ0v) is 19.6. The van der Waals surface area contributed by atoms with Crippen LogP contribution in [0.25, 0.3) is 71.2 Å². The smallest absolute Gasteiger partial charge is 0.0547 e. The van der Waals surface area contributed by atoms with Crippen LogP contribution in [-0.4, -0.2) is 9.55 Å². The molecule has 168 valence electrons. The first kappa shape index (κ1) is 19.5. The second-order valence-electron chi connectivity index (χ2n) is 9.51. The number of rotatable bonds is 2. The fourth-order valence-corrected chi connectivity index (χ4v) is 5.86. The van der Waals surface area contributed by atoms with Crippen molar-refractivity contribution in [3.05, 3.63) is 127 Å². The van der Waals surface area contributed by atoms with Gasteiger partial charge < -0.3 is 9.55 Å². The Bertz CT molecular complexity index is 2090. The predicted molar refractivity (Wildman–Crippen MR) is 153 cm³/mol. The van der Waals surface area contributed by atoms with E-state index in [1.54, 1.807) is 0 Å². The van der Waals surface area contributed by atoms with Gasteiger partial charge in [0.2, 0.25) is 0 Å². The van der Waals surface area contributed by atoms with E-state index < -0.39 is 0 Å². The van der Waals surface area contributed by atoms with Crippen LogP contribution in [0.15, 0.2) is 127 Å². The lowest BCUT2D eigenvalue weighted by Crippen LogP contribution is -1.93. The average Bonchev–Trinajstić information content (AvgIpc) is 3.48. The lowest BCUT2D eigenvalue weighted by Gasteiger charge is -2.09. The van der Waals surface area contributed by atoms with Crippen LogP contribution in [0.1, 0.15) is 0 Å². The van der Waals surface area contributed by atoms with E-state index in [1.165, 1.54) is 71.2 Å². The second-order valence-corrected chi connectivity index (χ2v) is 9.51. The summed E-state index contributed by atoms with van der Waals surface area (Å²) in [4.78, 5) is 3.67. The van der Waals surface area contributed by atoms with Crippen LogP contribution < -0.4 is 0 Å². The van der Waals surface area contributed by atoms with Gasteiger partial charge in [0.05, 0.1) is 11.0 Å². The summed E-state index contributed by atoms with van der Waals surface area (Å²) >= 11 is 0. The molecule has 0 unspecified atom stereocenters. The molecule has 8 aromatic rings. The fraction of sp³-hybridized carbons (Fsp3) is 0. The Morgan fingerprint density at radius 3 is 2.03 bits per heavy atom. The molecule has 0 aliphatic carbocycles. The summed E-state index contributed by atoms with van der Waals surface area (Å²) < 4.78 is 2.38. The highest BCUT2D eigenvalue weighted by atomic mass is 15.0. The number of hydrogen-bond donors (Lipinski definition) is 1. The summed E-state index contributed by atoms with van der Waals surface area (Å²) in [6, 6.07) is 46.0. The molecule has 0 saturated carbocycles. The third-order valence-corrected chi connectivity index (χ3v) is 7.51. The predicted octanol–water partition coefficient (Wildman–Crippen LogP) is 9.24. The van der Waals surface area contributed by atoms with Crippen molar-refractivity contribution in [2.75, 3.05) is 0 Å². The minimum Gasteiger partial charge on any atom is -0.354 e. The zero-order valence-electron chi connectivity index (χ0n) is 19.6. The summed E-state index contributed by atoms with van der Waals surface area (Å²) in [5.41, 5.74) is 8.41. The van der Waals surface area contributed by atoms with Gasteiger partial charge in [-0.1, -0.05) is 91.0 Å². The van der Waals surface area contributed by atoms with Crippen molar-refractivity contribution in [2.24, 2.45) is 0 Å². The SMILES string of the molecule is c1ccc(-n2c3ccccc3c3ccc(-c4ccc5c(c4)[nH]c4ccc6ccccc6c45)cc32)cc1. The van der Waals surface area contributed by atoms with Gasteiger partial charge in [-0.05, 0) is 58.3 Å². The molecule has 0 aliphatic heterocycles. The third kappa shape index (κ3) is 2.73. The standard InChI is InChI=1S/C34H22N2/c1-2-9-25(10-3-1)36-32-13-7-6-12-27(32)28-17-14-24(21-33(28)36)23-15-18-29-31(20-23)35-30-19-16-22-8-4-5-11-26(22)34(29)30/h1-21,35H. The molecule has 0 spiro atoms. The van der Waals surface area contributed by atoms with Crippen LogP contribution in [0.3, 0.4) is 0 Å². The normalized spacial score (nSPS) is 11.9. The van der Waals surface area contributed by atoms with Gasteiger partial charge in [0.25, 0.3) is 0 Å². The summed E-state index contributed by atoms with van der Waals surface area (Å²) in [6.07, 6.45) is 0. The van der Waals surface area contributed by atoms with Crippen molar-refractivity contribution >= 4 is 54.4 Å². The van der Waals surface area contributed by atoms with Crippen LogP contribution in [0.2, 0.25) is 0 Å². The van der Waals surface area contributed by atoms with Crippen LogP contribution in [0.5, 0.6) is 0 Å². The summed E-state index contributed by atoms with van der Waals surface area (Å²) in [7, 11) is 0. The van der Waals surface area contributed by atoms with Crippen LogP contribution in [0, 0.1) is 0 Å².